The van der Waals surface area contributed by atoms with Crippen LogP contribution in [0.5, 0.6) is 17.2 Å². The van der Waals surface area contributed by atoms with Crippen molar-refractivity contribution in [2.75, 3.05) is 0 Å². The smallest absolute Gasteiger partial charge is 0.406 e. The van der Waals surface area contributed by atoms with Gasteiger partial charge in [-0.2, -0.15) is 0 Å². The Morgan fingerprint density at radius 1 is 0.415 bits per heavy atom. The Bertz CT molecular complexity index is 1430. The maximum atomic E-state index is 15.7. The van der Waals surface area contributed by atoms with Crippen molar-refractivity contribution in [3.8, 4) is 50.9 Å². The summed E-state index contributed by atoms with van der Waals surface area (Å²) < 4.78 is 155. The van der Waals surface area contributed by atoms with Gasteiger partial charge in [-0.15, -0.1) is 39.5 Å². The van der Waals surface area contributed by atoms with Gasteiger partial charge in [0, 0.05) is 11.1 Å². The van der Waals surface area contributed by atoms with Crippen LogP contribution in [-0.2, 0) is 0 Å². The molecule has 4 nitrogen and oxygen atoms in total. The molecule has 0 fully saturated rings. The SMILES string of the molecule is Fc1c(-c2ccc(OC(F)(F)F)cc2)nc(-c2ccc(OC(F)(F)F)cc2)c(F)c1-c1ccc(OC(F)(F)F)cc1. The Balaban J connectivity index is 1.84. The number of hydrogen-bond acceptors (Lipinski definition) is 4. The van der Waals surface area contributed by atoms with Crippen LogP contribution in [0.1, 0.15) is 0 Å². The first kappa shape index (κ1) is 29.4. The van der Waals surface area contributed by atoms with Gasteiger partial charge in [-0.05, 0) is 66.2 Å². The van der Waals surface area contributed by atoms with Crippen molar-refractivity contribution in [3.05, 3.63) is 84.4 Å². The van der Waals surface area contributed by atoms with Crippen LogP contribution in [0.2, 0.25) is 0 Å². The van der Waals surface area contributed by atoms with Crippen molar-refractivity contribution in [3.63, 3.8) is 0 Å². The van der Waals surface area contributed by atoms with Gasteiger partial charge in [0.15, 0.2) is 11.6 Å². The lowest BCUT2D eigenvalue weighted by Gasteiger charge is -2.16. The Morgan fingerprint density at radius 3 is 0.951 bits per heavy atom. The van der Waals surface area contributed by atoms with Crippen molar-refractivity contribution < 1.29 is 62.5 Å². The van der Waals surface area contributed by atoms with E-state index in [1.54, 1.807) is 0 Å². The van der Waals surface area contributed by atoms with E-state index >= 15 is 8.78 Å². The van der Waals surface area contributed by atoms with Crippen molar-refractivity contribution >= 4 is 0 Å². The van der Waals surface area contributed by atoms with E-state index in [9.17, 15) is 39.5 Å². The summed E-state index contributed by atoms with van der Waals surface area (Å²) in [6.07, 6.45) is -15.1. The zero-order chi connectivity index (χ0) is 30.2. The van der Waals surface area contributed by atoms with E-state index in [1.807, 2.05) is 0 Å². The molecule has 0 aliphatic rings. The molecule has 0 amide bonds. The first-order valence-corrected chi connectivity index (χ1v) is 11.0. The third-order valence-electron chi connectivity index (χ3n) is 5.18. The van der Waals surface area contributed by atoms with Crippen LogP contribution in [0.3, 0.4) is 0 Å². The summed E-state index contributed by atoms with van der Waals surface area (Å²) >= 11 is 0. The molecule has 0 saturated carbocycles. The fourth-order valence-corrected chi connectivity index (χ4v) is 3.63. The predicted molar refractivity (Wildman–Crippen MR) is 121 cm³/mol. The minimum Gasteiger partial charge on any atom is -0.406 e. The molecule has 0 radical (unpaired) electrons. The quantitative estimate of drug-likeness (QED) is 0.209. The molecule has 15 heteroatoms. The maximum absolute atomic E-state index is 15.7. The van der Waals surface area contributed by atoms with E-state index in [0.717, 1.165) is 72.8 Å². The standard InChI is InChI=1S/C26H12F11NO3/c27-20-19(13-1-7-16(8-2-13)39-24(29,30)31)21(28)23(15-5-11-18(12-6-15)41-26(35,36)37)38-22(20)14-3-9-17(10-4-14)40-25(32,33)34/h1-12H. The molecule has 0 unspecified atom stereocenters. The monoisotopic (exact) mass is 595 g/mol. The molecule has 41 heavy (non-hydrogen) atoms. The van der Waals surface area contributed by atoms with E-state index in [4.69, 9.17) is 0 Å². The molecule has 0 aliphatic heterocycles. The van der Waals surface area contributed by atoms with Gasteiger partial charge in [0.25, 0.3) is 0 Å². The summed E-state index contributed by atoms with van der Waals surface area (Å²) in [5.41, 5.74) is -2.59. The van der Waals surface area contributed by atoms with Crippen molar-refractivity contribution in [2.45, 2.75) is 19.1 Å². The topological polar surface area (TPSA) is 40.6 Å². The van der Waals surface area contributed by atoms with Crippen molar-refractivity contribution in [1.29, 1.82) is 0 Å². The van der Waals surface area contributed by atoms with Crippen LogP contribution < -0.4 is 14.2 Å². The van der Waals surface area contributed by atoms with Gasteiger partial charge in [-0.25, -0.2) is 13.8 Å². The minimum absolute atomic E-state index is 0.159. The summed E-state index contributed by atoms with van der Waals surface area (Å²) in [4.78, 5) is 3.92. The van der Waals surface area contributed by atoms with E-state index < -0.39 is 64.9 Å². The van der Waals surface area contributed by atoms with Crippen molar-refractivity contribution in [1.82, 2.24) is 4.98 Å². The highest BCUT2D eigenvalue weighted by Gasteiger charge is 2.33. The average molecular weight is 595 g/mol. The molecular formula is C26H12F11NO3. The third kappa shape index (κ3) is 7.55. The molecule has 0 spiro atoms. The Kier molecular flexibility index (Phi) is 7.74. The second-order valence-electron chi connectivity index (χ2n) is 8.03. The van der Waals surface area contributed by atoms with Crippen LogP contribution in [0.25, 0.3) is 33.6 Å². The Hall–Kier alpha value is -4.56. The zero-order valence-electron chi connectivity index (χ0n) is 19.8. The third-order valence-corrected chi connectivity index (χ3v) is 5.18. The Morgan fingerprint density at radius 2 is 0.683 bits per heavy atom. The lowest BCUT2D eigenvalue weighted by Crippen LogP contribution is -2.17. The van der Waals surface area contributed by atoms with Gasteiger partial charge in [0.05, 0.1) is 5.56 Å². The highest BCUT2D eigenvalue weighted by Crippen LogP contribution is 2.39. The molecule has 4 rings (SSSR count). The van der Waals surface area contributed by atoms with Crippen LogP contribution in [0, 0.1) is 11.6 Å². The molecule has 4 aromatic rings. The van der Waals surface area contributed by atoms with E-state index in [2.05, 4.69) is 19.2 Å². The van der Waals surface area contributed by atoms with E-state index in [0.29, 0.717) is 0 Å². The fraction of sp³-hybridized carbons (Fsp3) is 0.115. The Labute approximate surface area is 222 Å². The number of rotatable bonds is 6. The van der Waals surface area contributed by atoms with Gasteiger partial charge in [-0.1, -0.05) is 12.1 Å². The van der Waals surface area contributed by atoms with Gasteiger partial charge >= 0.3 is 19.1 Å². The number of ether oxygens (including phenoxy) is 3. The molecule has 0 saturated heterocycles. The first-order chi connectivity index (χ1) is 19.0. The molecular weight excluding hydrogens is 583 g/mol. The van der Waals surface area contributed by atoms with Gasteiger partial charge in [0.1, 0.15) is 28.6 Å². The molecule has 1 heterocycles. The number of aromatic nitrogens is 1. The summed E-state index contributed by atoms with van der Waals surface area (Å²) in [6.45, 7) is 0. The minimum atomic E-state index is -5.04. The predicted octanol–water partition coefficient (Wildman–Crippen LogP) is 9.06. The lowest BCUT2D eigenvalue weighted by molar-refractivity contribution is -0.275. The average Bonchev–Trinajstić information content (AvgIpc) is 2.84. The summed E-state index contributed by atoms with van der Waals surface area (Å²) in [6, 6.07) is 10.7. The van der Waals surface area contributed by atoms with E-state index in [-0.39, 0.29) is 16.7 Å². The van der Waals surface area contributed by atoms with E-state index in [1.165, 1.54) is 0 Å². The van der Waals surface area contributed by atoms with Crippen LogP contribution in [-0.4, -0.2) is 24.1 Å². The van der Waals surface area contributed by atoms with Crippen molar-refractivity contribution in [2.24, 2.45) is 0 Å². The van der Waals surface area contributed by atoms with Crippen LogP contribution in [0.15, 0.2) is 72.8 Å². The second-order valence-corrected chi connectivity index (χ2v) is 8.03. The lowest BCUT2D eigenvalue weighted by atomic mass is 9.98. The number of halogens is 11. The first-order valence-electron chi connectivity index (χ1n) is 11.0. The summed E-state index contributed by atoms with van der Waals surface area (Å²) in [7, 11) is 0. The maximum Gasteiger partial charge on any atom is 0.573 e. The fourth-order valence-electron chi connectivity index (χ4n) is 3.63. The number of alkyl halides is 9. The molecule has 3 aromatic carbocycles. The molecule has 216 valence electrons. The van der Waals surface area contributed by atoms with Crippen LogP contribution in [0.4, 0.5) is 48.3 Å². The number of nitrogens with zero attached hydrogens (tertiary/aromatic N) is 1. The molecule has 0 aliphatic carbocycles. The zero-order valence-corrected chi connectivity index (χ0v) is 19.8. The summed E-state index contributed by atoms with van der Waals surface area (Å²) in [5.74, 6) is -4.69. The normalized spacial score (nSPS) is 12.3. The summed E-state index contributed by atoms with van der Waals surface area (Å²) in [5, 5.41) is 0. The largest absolute Gasteiger partial charge is 0.573 e. The number of benzene rings is 3. The molecule has 0 N–H and O–H groups in total. The van der Waals surface area contributed by atoms with Gasteiger partial charge in [0.2, 0.25) is 0 Å². The number of pyridine rings is 1. The molecule has 0 bridgehead atoms. The second kappa shape index (κ2) is 10.8. The molecule has 1 aromatic heterocycles. The highest BCUT2D eigenvalue weighted by molar-refractivity contribution is 5.78. The highest BCUT2D eigenvalue weighted by atomic mass is 19.4. The number of hydrogen-bond donors (Lipinski definition) is 0. The van der Waals surface area contributed by atoms with Crippen LogP contribution >= 0.6 is 0 Å². The molecule has 0 atom stereocenters. The van der Waals surface area contributed by atoms with Gasteiger partial charge in [-0.3, -0.25) is 0 Å². The van der Waals surface area contributed by atoms with Gasteiger partial charge < -0.3 is 14.2 Å².